The second kappa shape index (κ2) is 6.19. The van der Waals surface area contributed by atoms with Crippen molar-refractivity contribution >= 4 is 0 Å². The summed E-state index contributed by atoms with van der Waals surface area (Å²) >= 11 is 0. The third kappa shape index (κ3) is 3.69. The summed E-state index contributed by atoms with van der Waals surface area (Å²) in [6.45, 7) is 7.34. The van der Waals surface area contributed by atoms with E-state index in [9.17, 15) is 0 Å². The zero-order valence-electron chi connectivity index (χ0n) is 11.9. The normalized spacial score (nSPS) is 40.4. The van der Waals surface area contributed by atoms with Gasteiger partial charge in [0.25, 0.3) is 0 Å². The van der Waals surface area contributed by atoms with Crippen molar-refractivity contribution in [1.82, 2.24) is 10.2 Å². The molecule has 0 aromatic rings. The number of piperidine rings is 1. The van der Waals surface area contributed by atoms with Crippen LogP contribution >= 0.6 is 0 Å². The van der Waals surface area contributed by atoms with Crippen molar-refractivity contribution in [1.29, 1.82) is 0 Å². The first-order valence-electron chi connectivity index (χ1n) is 7.60. The first-order chi connectivity index (χ1) is 8.16. The van der Waals surface area contributed by atoms with Gasteiger partial charge in [0.1, 0.15) is 0 Å². The van der Waals surface area contributed by atoms with Gasteiger partial charge < -0.3 is 10.2 Å². The summed E-state index contributed by atoms with van der Waals surface area (Å²) in [5, 5.41) is 3.83. The monoisotopic (exact) mass is 238 g/mol. The molecule has 1 aliphatic heterocycles. The smallest absolute Gasteiger partial charge is 0.0217 e. The van der Waals surface area contributed by atoms with Gasteiger partial charge >= 0.3 is 0 Å². The Hall–Kier alpha value is -0.0800. The van der Waals surface area contributed by atoms with Crippen LogP contribution in [0.1, 0.15) is 52.4 Å². The van der Waals surface area contributed by atoms with Crippen LogP contribution in [0.2, 0.25) is 0 Å². The summed E-state index contributed by atoms with van der Waals surface area (Å²) in [5.41, 5.74) is 0. The van der Waals surface area contributed by atoms with Gasteiger partial charge in [0, 0.05) is 18.6 Å². The molecule has 1 N–H and O–H groups in total. The predicted molar refractivity (Wildman–Crippen MR) is 74.2 cm³/mol. The minimum absolute atomic E-state index is 0.788. The van der Waals surface area contributed by atoms with Gasteiger partial charge in [-0.3, -0.25) is 0 Å². The SMILES string of the molecule is CC1CCC(NCC2CCCCN2C)CC1C. The molecular weight excluding hydrogens is 208 g/mol. The van der Waals surface area contributed by atoms with Crippen LogP contribution < -0.4 is 5.32 Å². The van der Waals surface area contributed by atoms with Gasteiger partial charge in [-0.25, -0.2) is 0 Å². The van der Waals surface area contributed by atoms with Gasteiger partial charge in [-0.2, -0.15) is 0 Å². The first kappa shape index (κ1) is 13.4. The van der Waals surface area contributed by atoms with E-state index in [1.165, 1.54) is 51.6 Å². The van der Waals surface area contributed by atoms with E-state index in [2.05, 4.69) is 31.1 Å². The van der Waals surface area contributed by atoms with Crippen LogP contribution in [0.5, 0.6) is 0 Å². The van der Waals surface area contributed by atoms with E-state index in [-0.39, 0.29) is 0 Å². The van der Waals surface area contributed by atoms with E-state index >= 15 is 0 Å². The minimum atomic E-state index is 0.788. The maximum Gasteiger partial charge on any atom is 0.0217 e. The quantitative estimate of drug-likeness (QED) is 0.813. The predicted octanol–water partition coefficient (Wildman–Crippen LogP) is 2.89. The molecule has 17 heavy (non-hydrogen) atoms. The Morgan fingerprint density at radius 1 is 1.06 bits per heavy atom. The summed E-state index contributed by atoms with van der Waals surface area (Å²) < 4.78 is 0. The Morgan fingerprint density at radius 3 is 2.59 bits per heavy atom. The molecule has 0 aromatic heterocycles. The summed E-state index contributed by atoms with van der Waals surface area (Å²) in [6.07, 6.45) is 8.40. The van der Waals surface area contributed by atoms with Crippen molar-refractivity contribution < 1.29 is 0 Å². The first-order valence-corrected chi connectivity index (χ1v) is 7.60. The third-order valence-electron chi connectivity index (χ3n) is 5.16. The lowest BCUT2D eigenvalue weighted by molar-refractivity contribution is 0.163. The molecule has 2 rings (SSSR count). The molecule has 1 saturated carbocycles. The lowest BCUT2D eigenvalue weighted by atomic mass is 9.79. The topological polar surface area (TPSA) is 15.3 Å². The Labute approximate surface area is 107 Å². The van der Waals surface area contributed by atoms with Crippen molar-refractivity contribution in [3.8, 4) is 0 Å². The van der Waals surface area contributed by atoms with E-state index in [0.717, 1.165) is 23.9 Å². The Bertz CT molecular complexity index is 229. The number of hydrogen-bond acceptors (Lipinski definition) is 2. The van der Waals surface area contributed by atoms with E-state index in [1.807, 2.05) is 0 Å². The Morgan fingerprint density at radius 2 is 1.88 bits per heavy atom. The molecule has 2 fully saturated rings. The van der Waals surface area contributed by atoms with E-state index in [1.54, 1.807) is 0 Å². The highest BCUT2D eigenvalue weighted by Gasteiger charge is 2.25. The van der Waals surface area contributed by atoms with Crippen LogP contribution in [0.15, 0.2) is 0 Å². The van der Waals surface area contributed by atoms with Gasteiger partial charge in [0.2, 0.25) is 0 Å². The Balaban J connectivity index is 1.71. The van der Waals surface area contributed by atoms with Crippen LogP contribution in [0, 0.1) is 11.8 Å². The fourth-order valence-electron chi connectivity index (χ4n) is 3.44. The lowest BCUT2D eigenvalue weighted by Crippen LogP contribution is -2.47. The van der Waals surface area contributed by atoms with Crippen molar-refractivity contribution in [2.75, 3.05) is 20.1 Å². The fourth-order valence-corrected chi connectivity index (χ4v) is 3.44. The van der Waals surface area contributed by atoms with E-state index < -0.39 is 0 Å². The molecule has 4 atom stereocenters. The van der Waals surface area contributed by atoms with Gasteiger partial charge in [0.15, 0.2) is 0 Å². The molecule has 4 unspecified atom stereocenters. The lowest BCUT2D eigenvalue weighted by Gasteiger charge is -2.36. The molecule has 2 nitrogen and oxygen atoms in total. The number of rotatable bonds is 3. The number of nitrogens with zero attached hydrogens (tertiary/aromatic N) is 1. The van der Waals surface area contributed by atoms with Crippen molar-refractivity contribution in [2.45, 2.75) is 64.5 Å². The highest BCUT2D eigenvalue weighted by Crippen LogP contribution is 2.29. The summed E-state index contributed by atoms with van der Waals surface area (Å²) in [7, 11) is 2.29. The molecule has 1 heterocycles. The molecule has 0 spiro atoms. The van der Waals surface area contributed by atoms with Crippen molar-refractivity contribution in [3.63, 3.8) is 0 Å². The number of hydrogen-bond donors (Lipinski definition) is 1. The van der Waals surface area contributed by atoms with E-state index in [0.29, 0.717) is 0 Å². The fraction of sp³-hybridized carbons (Fsp3) is 1.00. The second-order valence-corrected chi connectivity index (χ2v) is 6.50. The minimum Gasteiger partial charge on any atom is -0.312 e. The average Bonchev–Trinajstić information content (AvgIpc) is 2.32. The average molecular weight is 238 g/mol. The largest absolute Gasteiger partial charge is 0.312 e. The maximum atomic E-state index is 3.83. The highest BCUT2D eigenvalue weighted by molar-refractivity contribution is 4.83. The molecule has 0 amide bonds. The maximum absolute atomic E-state index is 3.83. The molecule has 2 heteroatoms. The van der Waals surface area contributed by atoms with Crippen LogP contribution in [-0.4, -0.2) is 37.1 Å². The van der Waals surface area contributed by atoms with Gasteiger partial charge in [-0.1, -0.05) is 20.3 Å². The Kier molecular flexibility index (Phi) is 4.87. The van der Waals surface area contributed by atoms with Crippen LogP contribution in [0.4, 0.5) is 0 Å². The standard InChI is InChI=1S/C15H30N2/c1-12-7-8-14(10-13(12)2)16-11-15-6-4-5-9-17(15)3/h12-16H,4-11H2,1-3H3. The molecule has 2 aliphatic rings. The summed E-state index contributed by atoms with van der Waals surface area (Å²) in [4.78, 5) is 2.55. The van der Waals surface area contributed by atoms with Crippen LogP contribution in [0.25, 0.3) is 0 Å². The summed E-state index contributed by atoms with van der Waals surface area (Å²) in [6, 6.07) is 1.58. The number of likely N-dealkylation sites (tertiary alicyclic amines) is 1. The third-order valence-corrected chi connectivity index (χ3v) is 5.16. The number of nitrogens with one attached hydrogen (secondary N) is 1. The molecule has 0 bridgehead atoms. The van der Waals surface area contributed by atoms with Crippen molar-refractivity contribution in [2.24, 2.45) is 11.8 Å². The van der Waals surface area contributed by atoms with Crippen molar-refractivity contribution in [3.05, 3.63) is 0 Å². The van der Waals surface area contributed by atoms with Crippen LogP contribution in [0.3, 0.4) is 0 Å². The molecule has 100 valence electrons. The summed E-state index contributed by atoms with van der Waals surface area (Å²) in [5.74, 6) is 1.84. The molecular formula is C15H30N2. The van der Waals surface area contributed by atoms with Gasteiger partial charge in [-0.05, 0) is 57.5 Å². The molecule has 0 radical (unpaired) electrons. The van der Waals surface area contributed by atoms with E-state index in [4.69, 9.17) is 0 Å². The number of likely N-dealkylation sites (N-methyl/N-ethyl adjacent to an activating group) is 1. The van der Waals surface area contributed by atoms with Crippen LogP contribution in [-0.2, 0) is 0 Å². The molecule has 0 aromatic carbocycles. The zero-order chi connectivity index (χ0) is 12.3. The van der Waals surface area contributed by atoms with Gasteiger partial charge in [0.05, 0.1) is 0 Å². The second-order valence-electron chi connectivity index (χ2n) is 6.50. The molecule has 1 saturated heterocycles. The van der Waals surface area contributed by atoms with Gasteiger partial charge in [-0.15, -0.1) is 0 Å². The highest BCUT2D eigenvalue weighted by atomic mass is 15.2. The zero-order valence-corrected chi connectivity index (χ0v) is 11.9. The molecule has 1 aliphatic carbocycles.